The van der Waals surface area contributed by atoms with Gasteiger partial charge in [-0.2, -0.15) is 0 Å². The Morgan fingerprint density at radius 3 is 3.00 bits per heavy atom. The van der Waals surface area contributed by atoms with Crippen molar-refractivity contribution in [2.24, 2.45) is 5.73 Å². The number of amides is 1. The minimum atomic E-state index is -0.326. The summed E-state index contributed by atoms with van der Waals surface area (Å²) in [5, 5.41) is 0. The van der Waals surface area contributed by atoms with Crippen LogP contribution < -0.4 is 11.3 Å². The van der Waals surface area contributed by atoms with E-state index in [-0.39, 0.29) is 35.5 Å². The molecule has 1 unspecified atom stereocenters. The highest BCUT2D eigenvalue weighted by Gasteiger charge is 2.30. The number of pyridine rings is 1. The van der Waals surface area contributed by atoms with Crippen LogP contribution in [0.1, 0.15) is 28.8 Å². The van der Waals surface area contributed by atoms with Gasteiger partial charge in [-0.15, -0.1) is 12.4 Å². The van der Waals surface area contributed by atoms with Gasteiger partial charge in [0.2, 0.25) is 0 Å². The molecule has 1 amide bonds. The number of likely N-dealkylation sites (tertiary alicyclic amines) is 1. The summed E-state index contributed by atoms with van der Waals surface area (Å²) in [5.74, 6) is -0.268. The van der Waals surface area contributed by atoms with Crippen LogP contribution in [0.5, 0.6) is 0 Å². The Labute approximate surface area is 134 Å². The SMILES string of the molecule is Cc1ccn2c(=O)c(C(=O)N3CCCC3CN)cnc2c1.Cl. The first kappa shape index (κ1) is 16.5. The second-order valence-corrected chi connectivity index (χ2v) is 5.44. The van der Waals surface area contributed by atoms with Gasteiger partial charge in [0.15, 0.2) is 0 Å². The van der Waals surface area contributed by atoms with E-state index in [1.807, 2.05) is 19.1 Å². The first-order valence-corrected chi connectivity index (χ1v) is 7.11. The maximum atomic E-state index is 12.6. The van der Waals surface area contributed by atoms with Gasteiger partial charge in [-0.1, -0.05) is 0 Å². The van der Waals surface area contributed by atoms with Gasteiger partial charge in [0.1, 0.15) is 11.2 Å². The number of aromatic nitrogens is 2. The zero-order chi connectivity index (χ0) is 15.0. The number of fused-ring (bicyclic) bond motifs is 1. The summed E-state index contributed by atoms with van der Waals surface area (Å²) >= 11 is 0. The van der Waals surface area contributed by atoms with E-state index in [1.165, 1.54) is 10.6 Å². The lowest BCUT2D eigenvalue weighted by atomic mass is 10.2. The van der Waals surface area contributed by atoms with Crippen LogP contribution in [0.3, 0.4) is 0 Å². The van der Waals surface area contributed by atoms with Gasteiger partial charge in [-0.05, 0) is 37.5 Å². The number of nitrogens with two attached hydrogens (primary N) is 1. The summed E-state index contributed by atoms with van der Waals surface area (Å²) in [4.78, 5) is 31.0. The number of halogens is 1. The van der Waals surface area contributed by atoms with Crippen molar-refractivity contribution in [3.05, 3.63) is 46.0 Å². The summed E-state index contributed by atoms with van der Waals surface area (Å²) in [5.41, 5.74) is 7.04. The van der Waals surface area contributed by atoms with Crippen molar-refractivity contribution in [1.29, 1.82) is 0 Å². The van der Waals surface area contributed by atoms with E-state index in [9.17, 15) is 9.59 Å². The zero-order valence-electron chi connectivity index (χ0n) is 12.4. The molecule has 3 heterocycles. The molecule has 1 saturated heterocycles. The number of carbonyl (C=O) groups excluding carboxylic acids is 1. The fourth-order valence-corrected chi connectivity index (χ4v) is 2.83. The molecule has 0 radical (unpaired) electrons. The molecule has 6 nitrogen and oxygen atoms in total. The second-order valence-electron chi connectivity index (χ2n) is 5.44. The van der Waals surface area contributed by atoms with E-state index < -0.39 is 0 Å². The Hall–Kier alpha value is -1.92. The van der Waals surface area contributed by atoms with Crippen molar-refractivity contribution in [1.82, 2.24) is 14.3 Å². The highest BCUT2D eigenvalue weighted by atomic mass is 35.5. The Bertz CT molecular complexity index is 759. The molecule has 2 aromatic rings. The maximum Gasteiger partial charge on any atom is 0.270 e. The average molecular weight is 323 g/mol. The van der Waals surface area contributed by atoms with Crippen LogP contribution in [0.4, 0.5) is 0 Å². The lowest BCUT2D eigenvalue weighted by Gasteiger charge is -2.23. The molecule has 0 saturated carbocycles. The maximum absolute atomic E-state index is 12.6. The molecule has 1 aliphatic rings. The Morgan fingerprint density at radius 1 is 1.50 bits per heavy atom. The lowest BCUT2D eigenvalue weighted by Crippen LogP contribution is -2.42. The van der Waals surface area contributed by atoms with E-state index in [2.05, 4.69) is 4.98 Å². The van der Waals surface area contributed by atoms with Gasteiger partial charge in [-0.3, -0.25) is 14.0 Å². The van der Waals surface area contributed by atoms with Gasteiger partial charge >= 0.3 is 0 Å². The highest BCUT2D eigenvalue weighted by Crippen LogP contribution is 2.18. The van der Waals surface area contributed by atoms with Crippen LogP contribution in [0.15, 0.2) is 29.3 Å². The van der Waals surface area contributed by atoms with Gasteiger partial charge in [-0.25, -0.2) is 4.98 Å². The molecule has 7 heteroatoms. The van der Waals surface area contributed by atoms with Crippen LogP contribution in [-0.2, 0) is 0 Å². The van der Waals surface area contributed by atoms with Crippen molar-refractivity contribution in [3.8, 4) is 0 Å². The molecule has 22 heavy (non-hydrogen) atoms. The number of aryl methyl sites for hydroxylation is 1. The first-order chi connectivity index (χ1) is 10.1. The summed E-state index contributed by atoms with van der Waals surface area (Å²) in [6, 6.07) is 3.66. The summed E-state index contributed by atoms with van der Waals surface area (Å²) in [7, 11) is 0. The number of carbonyl (C=O) groups is 1. The predicted octanol–water partition coefficient (Wildman–Crippen LogP) is 0.988. The largest absolute Gasteiger partial charge is 0.334 e. The third-order valence-electron chi connectivity index (χ3n) is 4.01. The Kier molecular flexibility index (Phi) is 4.83. The summed E-state index contributed by atoms with van der Waals surface area (Å²) < 4.78 is 1.41. The van der Waals surface area contributed by atoms with E-state index in [0.717, 1.165) is 18.4 Å². The zero-order valence-corrected chi connectivity index (χ0v) is 13.2. The smallest absolute Gasteiger partial charge is 0.270 e. The average Bonchev–Trinajstić information content (AvgIpc) is 2.95. The molecule has 3 rings (SSSR count). The normalized spacial score (nSPS) is 17.5. The van der Waals surface area contributed by atoms with Gasteiger partial charge in [0.25, 0.3) is 11.5 Å². The monoisotopic (exact) mass is 322 g/mol. The molecule has 1 fully saturated rings. The van der Waals surface area contributed by atoms with Crippen molar-refractivity contribution >= 4 is 24.0 Å². The van der Waals surface area contributed by atoms with E-state index in [4.69, 9.17) is 5.73 Å². The quantitative estimate of drug-likeness (QED) is 0.894. The predicted molar refractivity (Wildman–Crippen MR) is 86.6 cm³/mol. The van der Waals surface area contributed by atoms with Gasteiger partial charge in [0.05, 0.1) is 0 Å². The standard InChI is InChI=1S/C15H18N4O2.ClH/c1-10-4-6-19-13(7-10)17-9-12(15(19)21)14(20)18-5-2-3-11(18)8-16;/h4,6-7,9,11H,2-3,5,8,16H2,1H3;1H. The molecule has 0 bridgehead atoms. The van der Waals surface area contributed by atoms with E-state index in [0.29, 0.717) is 18.7 Å². The van der Waals surface area contributed by atoms with Crippen molar-refractivity contribution in [3.63, 3.8) is 0 Å². The number of nitrogens with zero attached hydrogens (tertiary/aromatic N) is 3. The van der Waals surface area contributed by atoms with E-state index in [1.54, 1.807) is 11.1 Å². The van der Waals surface area contributed by atoms with Gasteiger partial charge in [0, 0.05) is 31.5 Å². The molecule has 0 spiro atoms. The minimum Gasteiger partial charge on any atom is -0.334 e. The molecule has 1 atom stereocenters. The number of hydrogen-bond acceptors (Lipinski definition) is 4. The highest BCUT2D eigenvalue weighted by molar-refractivity contribution is 5.94. The topological polar surface area (TPSA) is 80.7 Å². The third kappa shape index (κ3) is 2.71. The number of hydrogen-bond donors (Lipinski definition) is 1. The summed E-state index contributed by atoms with van der Waals surface area (Å²) in [6.07, 6.45) is 4.85. The Morgan fingerprint density at radius 2 is 2.27 bits per heavy atom. The van der Waals surface area contributed by atoms with Crippen LogP contribution in [-0.4, -0.2) is 39.3 Å². The van der Waals surface area contributed by atoms with Crippen LogP contribution in [0.25, 0.3) is 5.65 Å². The molecular formula is C15H19ClN4O2. The number of rotatable bonds is 2. The third-order valence-corrected chi connectivity index (χ3v) is 4.01. The molecule has 2 N–H and O–H groups in total. The fourth-order valence-electron chi connectivity index (χ4n) is 2.83. The minimum absolute atomic E-state index is 0. The first-order valence-electron chi connectivity index (χ1n) is 7.11. The second kappa shape index (κ2) is 6.46. The lowest BCUT2D eigenvalue weighted by molar-refractivity contribution is 0.0739. The summed E-state index contributed by atoms with van der Waals surface area (Å²) in [6.45, 7) is 3.01. The fraction of sp³-hybridized carbons (Fsp3) is 0.400. The van der Waals surface area contributed by atoms with Crippen LogP contribution >= 0.6 is 12.4 Å². The van der Waals surface area contributed by atoms with E-state index >= 15 is 0 Å². The van der Waals surface area contributed by atoms with Crippen LogP contribution in [0.2, 0.25) is 0 Å². The Balaban J connectivity index is 0.00000176. The molecule has 0 aliphatic carbocycles. The molecular weight excluding hydrogens is 304 g/mol. The van der Waals surface area contributed by atoms with Gasteiger partial charge < -0.3 is 10.6 Å². The molecule has 118 valence electrons. The molecule has 1 aliphatic heterocycles. The molecule has 2 aromatic heterocycles. The van der Waals surface area contributed by atoms with Crippen molar-refractivity contribution < 1.29 is 4.79 Å². The molecule has 0 aromatic carbocycles. The van der Waals surface area contributed by atoms with Crippen molar-refractivity contribution in [2.45, 2.75) is 25.8 Å². The van der Waals surface area contributed by atoms with Crippen LogP contribution in [0, 0.1) is 6.92 Å². The van der Waals surface area contributed by atoms with Crippen molar-refractivity contribution in [2.75, 3.05) is 13.1 Å².